The highest BCUT2D eigenvalue weighted by molar-refractivity contribution is 5.92. The van der Waals surface area contributed by atoms with Crippen molar-refractivity contribution in [1.29, 1.82) is 0 Å². The van der Waals surface area contributed by atoms with Crippen molar-refractivity contribution in [3.05, 3.63) is 30.1 Å². The predicted octanol–water partition coefficient (Wildman–Crippen LogP) is 1.06. The third-order valence-corrected chi connectivity index (χ3v) is 3.14. The number of para-hydroxylation sites is 1. The third kappa shape index (κ3) is 1.87. The summed E-state index contributed by atoms with van der Waals surface area (Å²) in [5.41, 5.74) is 7.26. The van der Waals surface area contributed by atoms with Crippen LogP contribution >= 0.6 is 0 Å². The minimum Gasteiger partial charge on any atom is -0.377 e. The maximum atomic E-state index is 5.93. The molecule has 0 saturated carbocycles. The summed E-state index contributed by atoms with van der Waals surface area (Å²) in [4.78, 5) is 12.9. The number of methoxy groups -OCH3 is 1. The van der Waals surface area contributed by atoms with Crippen LogP contribution in [-0.4, -0.2) is 36.8 Å². The number of nitrogens with two attached hydrogens (primary N) is 1. The summed E-state index contributed by atoms with van der Waals surface area (Å²) in [7, 11) is 1.55. The molecule has 0 saturated heterocycles. The van der Waals surface area contributed by atoms with E-state index in [1.807, 2.05) is 24.3 Å². The van der Waals surface area contributed by atoms with Gasteiger partial charge in [-0.2, -0.15) is 9.50 Å². The number of nitrogen functional groups attached to an aromatic ring is 1. The number of rotatable bonds is 3. The molecule has 4 aromatic rings. The minimum absolute atomic E-state index is 0.208. The molecule has 0 aliphatic rings. The zero-order chi connectivity index (χ0) is 15.1. The average Bonchev–Trinajstić information content (AvgIpc) is 3.14. The van der Waals surface area contributed by atoms with E-state index in [0.717, 1.165) is 10.9 Å². The van der Waals surface area contributed by atoms with Crippen LogP contribution < -0.4 is 5.73 Å². The Morgan fingerprint density at radius 3 is 2.95 bits per heavy atom. The molecule has 0 unspecified atom stereocenters. The van der Waals surface area contributed by atoms with Gasteiger partial charge in [-0.05, 0) is 12.1 Å². The Morgan fingerprint density at radius 1 is 1.23 bits per heavy atom. The first-order valence-corrected chi connectivity index (χ1v) is 6.49. The van der Waals surface area contributed by atoms with E-state index in [0.29, 0.717) is 17.3 Å². The fraction of sp³-hybridized carbons (Fsp3) is 0.154. The Balaban J connectivity index is 1.92. The van der Waals surface area contributed by atoms with Gasteiger partial charge in [0.25, 0.3) is 5.89 Å². The summed E-state index contributed by atoms with van der Waals surface area (Å²) >= 11 is 0. The molecule has 0 amide bonds. The van der Waals surface area contributed by atoms with E-state index in [1.165, 1.54) is 4.52 Å². The Bertz CT molecular complexity index is 975. The molecule has 0 atom stereocenters. The molecule has 0 spiro atoms. The Hall–Kier alpha value is -3.07. The van der Waals surface area contributed by atoms with Crippen molar-refractivity contribution in [3.63, 3.8) is 0 Å². The van der Waals surface area contributed by atoms with Gasteiger partial charge in [0, 0.05) is 12.5 Å². The zero-order valence-electron chi connectivity index (χ0n) is 11.6. The highest BCUT2D eigenvalue weighted by Crippen LogP contribution is 2.22. The van der Waals surface area contributed by atoms with Gasteiger partial charge in [0.15, 0.2) is 11.5 Å². The standard InChI is InChI=1S/C13H11N7O2/c1-21-6-9-16-12(22-19-9)10-17-11-7-4-2-3-5-8(7)15-13(14)20(11)18-10/h2-5H,6H2,1H3,(H2,14,15). The normalized spacial score (nSPS) is 11.5. The van der Waals surface area contributed by atoms with Gasteiger partial charge >= 0.3 is 0 Å². The van der Waals surface area contributed by atoms with Crippen LogP contribution in [0.2, 0.25) is 0 Å². The fourth-order valence-electron chi connectivity index (χ4n) is 2.20. The second-order valence-corrected chi connectivity index (χ2v) is 4.61. The molecule has 3 heterocycles. The lowest BCUT2D eigenvalue weighted by atomic mass is 10.2. The number of ether oxygens (including phenoxy) is 1. The lowest BCUT2D eigenvalue weighted by molar-refractivity contribution is 0.174. The maximum Gasteiger partial charge on any atom is 0.297 e. The van der Waals surface area contributed by atoms with Crippen LogP contribution in [0.5, 0.6) is 0 Å². The molecule has 0 bridgehead atoms. The molecule has 0 aliphatic carbocycles. The highest BCUT2D eigenvalue weighted by Gasteiger charge is 2.17. The molecule has 0 radical (unpaired) electrons. The molecule has 9 heteroatoms. The van der Waals surface area contributed by atoms with Crippen molar-refractivity contribution < 1.29 is 9.26 Å². The first kappa shape index (κ1) is 12.7. The van der Waals surface area contributed by atoms with Crippen molar-refractivity contribution in [2.45, 2.75) is 6.61 Å². The topological polar surface area (TPSA) is 117 Å². The van der Waals surface area contributed by atoms with E-state index < -0.39 is 0 Å². The Kier molecular flexibility index (Phi) is 2.73. The minimum atomic E-state index is 0.208. The van der Waals surface area contributed by atoms with Crippen LogP contribution in [-0.2, 0) is 11.3 Å². The molecule has 110 valence electrons. The van der Waals surface area contributed by atoms with E-state index in [2.05, 4.69) is 25.2 Å². The molecule has 22 heavy (non-hydrogen) atoms. The number of anilines is 1. The van der Waals surface area contributed by atoms with Crippen molar-refractivity contribution in [2.24, 2.45) is 0 Å². The average molecular weight is 297 g/mol. The van der Waals surface area contributed by atoms with Gasteiger partial charge in [-0.1, -0.05) is 17.3 Å². The summed E-state index contributed by atoms with van der Waals surface area (Å²) in [6.07, 6.45) is 0. The van der Waals surface area contributed by atoms with Crippen molar-refractivity contribution >= 4 is 22.5 Å². The van der Waals surface area contributed by atoms with Gasteiger partial charge < -0.3 is 15.0 Å². The molecule has 3 aromatic heterocycles. The van der Waals surface area contributed by atoms with E-state index in [9.17, 15) is 0 Å². The first-order valence-electron chi connectivity index (χ1n) is 6.49. The number of hydrogen-bond acceptors (Lipinski definition) is 8. The summed E-state index contributed by atoms with van der Waals surface area (Å²) < 4.78 is 11.6. The van der Waals surface area contributed by atoms with Crippen LogP contribution in [0.25, 0.3) is 28.3 Å². The number of benzene rings is 1. The second kappa shape index (κ2) is 4.74. The van der Waals surface area contributed by atoms with E-state index in [4.69, 9.17) is 15.0 Å². The molecule has 0 aliphatic heterocycles. The molecule has 2 N–H and O–H groups in total. The zero-order valence-corrected chi connectivity index (χ0v) is 11.6. The molecule has 9 nitrogen and oxygen atoms in total. The number of hydrogen-bond donors (Lipinski definition) is 1. The van der Waals surface area contributed by atoms with Crippen LogP contribution in [0.4, 0.5) is 5.95 Å². The summed E-state index contributed by atoms with van der Waals surface area (Å²) in [5, 5.41) is 8.92. The molecular weight excluding hydrogens is 286 g/mol. The van der Waals surface area contributed by atoms with Crippen molar-refractivity contribution in [2.75, 3.05) is 12.8 Å². The van der Waals surface area contributed by atoms with Gasteiger partial charge in [0.1, 0.15) is 6.61 Å². The lowest BCUT2D eigenvalue weighted by Gasteiger charge is -2.00. The van der Waals surface area contributed by atoms with Gasteiger partial charge in [0.05, 0.1) is 5.52 Å². The van der Waals surface area contributed by atoms with Gasteiger partial charge in [-0.15, -0.1) is 5.10 Å². The van der Waals surface area contributed by atoms with Gasteiger partial charge in [-0.25, -0.2) is 9.97 Å². The monoisotopic (exact) mass is 297 g/mol. The predicted molar refractivity (Wildman–Crippen MR) is 76.7 cm³/mol. The quantitative estimate of drug-likeness (QED) is 0.596. The Morgan fingerprint density at radius 2 is 2.09 bits per heavy atom. The van der Waals surface area contributed by atoms with Gasteiger partial charge in [0.2, 0.25) is 11.8 Å². The third-order valence-electron chi connectivity index (χ3n) is 3.14. The van der Waals surface area contributed by atoms with E-state index >= 15 is 0 Å². The molecule has 4 rings (SSSR count). The highest BCUT2D eigenvalue weighted by atomic mass is 16.5. The fourth-order valence-corrected chi connectivity index (χ4v) is 2.20. The summed E-state index contributed by atoms with van der Waals surface area (Å²) in [5.74, 6) is 1.16. The van der Waals surface area contributed by atoms with Crippen LogP contribution in [0.15, 0.2) is 28.8 Å². The van der Waals surface area contributed by atoms with Crippen LogP contribution in [0, 0.1) is 0 Å². The van der Waals surface area contributed by atoms with Crippen molar-refractivity contribution in [3.8, 4) is 11.7 Å². The first-order chi connectivity index (χ1) is 10.8. The largest absolute Gasteiger partial charge is 0.377 e. The number of nitrogens with zero attached hydrogens (tertiary/aromatic N) is 6. The van der Waals surface area contributed by atoms with E-state index in [1.54, 1.807) is 7.11 Å². The van der Waals surface area contributed by atoms with E-state index in [-0.39, 0.29) is 18.4 Å². The number of aromatic nitrogens is 6. The summed E-state index contributed by atoms with van der Waals surface area (Å²) in [6, 6.07) is 7.55. The maximum absolute atomic E-state index is 5.93. The molecule has 1 aromatic carbocycles. The number of fused-ring (bicyclic) bond motifs is 3. The van der Waals surface area contributed by atoms with Crippen LogP contribution in [0.3, 0.4) is 0 Å². The lowest BCUT2D eigenvalue weighted by Crippen LogP contribution is -2.02. The SMILES string of the molecule is COCc1noc(-c2nc3c4ccccc4nc(N)n3n2)n1. The van der Waals surface area contributed by atoms with Crippen molar-refractivity contribution in [1.82, 2.24) is 29.7 Å². The summed E-state index contributed by atoms with van der Waals surface area (Å²) in [6.45, 7) is 0.253. The molecular formula is C13H11N7O2. The van der Waals surface area contributed by atoms with Crippen LogP contribution in [0.1, 0.15) is 5.82 Å². The second-order valence-electron chi connectivity index (χ2n) is 4.61. The molecule has 0 fully saturated rings. The Labute approximate surface area is 123 Å². The smallest absolute Gasteiger partial charge is 0.297 e. The van der Waals surface area contributed by atoms with Gasteiger partial charge in [-0.3, -0.25) is 0 Å².